The highest BCUT2D eigenvalue weighted by Gasteiger charge is 2.28. The lowest BCUT2D eigenvalue weighted by Crippen LogP contribution is -2.25. The second kappa shape index (κ2) is 5.08. The first-order chi connectivity index (χ1) is 8.91. The second-order valence-electron chi connectivity index (χ2n) is 4.63. The summed E-state index contributed by atoms with van der Waals surface area (Å²) in [5.74, 6) is 0.0421. The third kappa shape index (κ3) is 3.17. The third-order valence-electron chi connectivity index (χ3n) is 3.11. The van der Waals surface area contributed by atoms with Crippen molar-refractivity contribution in [3.8, 4) is 0 Å². The van der Waals surface area contributed by atoms with Crippen LogP contribution in [0.2, 0.25) is 0 Å². The summed E-state index contributed by atoms with van der Waals surface area (Å²) < 4.78 is 22.9. The molecule has 0 aliphatic carbocycles. The number of nitrogens with one attached hydrogen (secondary N) is 2. The molecule has 7 heteroatoms. The lowest BCUT2D eigenvalue weighted by molar-refractivity contribution is 0.0964. The number of anilines is 2. The Balaban J connectivity index is 2.24. The van der Waals surface area contributed by atoms with Crippen LogP contribution in [0.1, 0.15) is 16.8 Å². The van der Waals surface area contributed by atoms with Gasteiger partial charge in [0.2, 0.25) is 0 Å². The summed E-state index contributed by atoms with van der Waals surface area (Å²) in [5.41, 5.74) is 7.26. The van der Waals surface area contributed by atoms with Gasteiger partial charge in [-0.2, -0.15) is 0 Å². The summed E-state index contributed by atoms with van der Waals surface area (Å²) in [7, 11) is -1.41. The van der Waals surface area contributed by atoms with Gasteiger partial charge in [0, 0.05) is 24.5 Å². The largest absolute Gasteiger partial charge is 0.399 e. The Bertz CT molecular complexity index is 598. The van der Waals surface area contributed by atoms with Gasteiger partial charge in [-0.05, 0) is 24.6 Å². The summed E-state index contributed by atoms with van der Waals surface area (Å²) >= 11 is 0. The van der Waals surface area contributed by atoms with Gasteiger partial charge >= 0.3 is 0 Å². The van der Waals surface area contributed by atoms with Crippen LogP contribution >= 0.6 is 0 Å². The van der Waals surface area contributed by atoms with Crippen molar-refractivity contribution in [3.63, 3.8) is 0 Å². The van der Waals surface area contributed by atoms with Gasteiger partial charge < -0.3 is 16.4 Å². The average Bonchev–Trinajstić information content (AvgIpc) is 2.68. The van der Waals surface area contributed by atoms with Gasteiger partial charge in [-0.3, -0.25) is 4.79 Å². The van der Waals surface area contributed by atoms with Gasteiger partial charge in [0.1, 0.15) is 0 Å². The molecule has 1 fully saturated rings. The van der Waals surface area contributed by atoms with Crippen molar-refractivity contribution >= 4 is 27.1 Å². The number of sulfone groups is 1. The maximum absolute atomic E-state index is 11.7. The fourth-order valence-electron chi connectivity index (χ4n) is 2.14. The molecule has 0 radical (unpaired) electrons. The standard InChI is InChI=1S/C12H17N3O3S/c1-14-12(16)10-3-2-8(13)6-11(10)15-9-4-5-19(17,18)7-9/h2-3,6,9,15H,4-5,7,13H2,1H3,(H,14,16). The van der Waals surface area contributed by atoms with Crippen LogP contribution in [0.25, 0.3) is 0 Å². The normalized spacial score (nSPS) is 21.0. The van der Waals surface area contributed by atoms with Crippen LogP contribution in [-0.4, -0.2) is 38.9 Å². The first-order valence-corrected chi connectivity index (χ1v) is 7.82. The molecule has 1 atom stereocenters. The molecule has 1 amide bonds. The predicted molar refractivity (Wildman–Crippen MR) is 74.9 cm³/mol. The molecule has 1 aromatic rings. The van der Waals surface area contributed by atoms with E-state index in [1.165, 1.54) is 0 Å². The molecule has 1 aliphatic heterocycles. The summed E-state index contributed by atoms with van der Waals surface area (Å²) in [6.45, 7) is 0. The minimum absolute atomic E-state index is 0.0922. The zero-order chi connectivity index (χ0) is 14.0. The van der Waals surface area contributed by atoms with E-state index in [0.29, 0.717) is 23.4 Å². The van der Waals surface area contributed by atoms with E-state index in [4.69, 9.17) is 5.73 Å². The summed E-state index contributed by atoms with van der Waals surface area (Å²) in [5, 5.41) is 5.65. The lowest BCUT2D eigenvalue weighted by atomic mass is 10.1. The number of benzene rings is 1. The van der Waals surface area contributed by atoms with Crippen LogP contribution in [0, 0.1) is 0 Å². The number of hydrogen-bond donors (Lipinski definition) is 3. The third-order valence-corrected chi connectivity index (χ3v) is 4.88. The number of amides is 1. The molecule has 19 heavy (non-hydrogen) atoms. The molecule has 1 aromatic carbocycles. The Labute approximate surface area is 112 Å². The molecule has 6 nitrogen and oxygen atoms in total. The second-order valence-corrected chi connectivity index (χ2v) is 6.86. The SMILES string of the molecule is CNC(=O)c1ccc(N)cc1NC1CCS(=O)(=O)C1. The monoisotopic (exact) mass is 283 g/mol. The molecule has 4 N–H and O–H groups in total. The molecule has 0 saturated carbocycles. The van der Waals surface area contributed by atoms with Crippen LogP contribution in [0.4, 0.5) is 11.4 Å². The summed E-state index contributed by atoms with van der Waals surface area (Å²) in [6.07, 6.45) is 0.546. The first-order valence-electron chi connectivity index (χ1n) is 6.00. The van der Waals surface area contributed by atoms with Crippen molar-refractivity contribution in [3.05, 3.63) is 23.8 Å². The van der Waals surface area contributed by atoms with E-state index in [0.717, 1.165) is 0 Å². The zero-order valence-corrected chi connectivity index (χ0v) is 11.5. The molecule has 0 aromatic heterocycles. The van der Waals surface area contributed by atoms with Gasteiger partial charge in [-0.25, -0.2) is 8.42 Å². The smallest absolute Gasteiger partial charge is 0.253 e. The van der Waals surface area contributed by atoms with E-state index < -0.39 is 9.84 Å². The highest BCUT2D eigenvalue weighted by molar-refractivity contribution is 7.91. The number of rotatable bonds is 3. The van der Waals surface area contributed by atoms with Gasteiger partial charge in [-0.15, -0.1) is 0 Å². The minimum Gasteiger partial charge on any atom is -0.399 e. The first kappa shape index (κ1) is 13.7. The minimum atomic E-state index is -2.96. The average molecular weight is 283 g/mol. The Morgan fingerprint density at radius 3 is 2.74 bits per heavy atom. The highest BCUT2D eigenvalue weighted by atomic mass is 32.2. The Hall–Kier alpha value is -1.76. The molecule has 104 valence electrons. The van der Waals surface area contributed by atoms with E-state index in [1.54, 1.807) is 25.2 Å². The molecular weight excluding hydrogens is 266 g/mol. The van der Waals surface area contributed by atoms with Crippen molar-refractivity contribution in [2.45, 2.75) is 12.5 Å². The van der Waals surface area contributed by atoms with Crippen molar-refractivity contribution in [1.29, 1.82) is 0 Å². The molecule has 2 rings (SSSR count). The van der Waals surface area contributed by atoms with E-state index in [-0.39, 0.29) is 23.5 Å². The fourth-order valence-corrected chi connectivity index (χ4v) is 3.82. The summed E-state index contributed by atoms with van der Waals surface area (Å²) in [6, 6.07) is 4.74. The maximum atomic E-state index is 11.7. The fraction of sp³-hybridized carbons (Fsp3) is 0.417. The molecule has 1 heterocycles. The predicted octanol–water partition coefficient (Wildman–Crippen LogP) is 0.227. The van der Waals surface area contributed by atoms with Crippen LogP contribution < -0.4 is 16.4 Å². The number of hydrogen-bond acceptors (Lipinski definition) is 5. The number of nitrogens with two attached hydrogens (primary N) is 1. The van der Waals surface area contributed by atoms with Gasteiger partial charge in [0.15, 0.2) is 9.84 Å². The van der Waals surface area contributed by atoms with Crippen molar-refractivity contribution < 1.29 is 13.2 Å². The van der Waals surface area contributed by atoms with Gasteiger partial charge in [0.25, 0.3) is 5.91 Å². The molecule has 0 bridgehead atoms. The van der Waals surface area contributed by atoms with Gasteiger partial charge in [-0.1, -0.05) is 0 Å². The Kier molecular flexibility index (Phi) is 3.66. The summed E-state index contributed by atoms with van der Waals surface area (Å²) in [4.78, 5) is 11.7. The molecule has 1 saturated heterocycles. The zero-order valence-electron chi connectivity index (χ0n) is 10.6. The maximum Gasteiger partial charge on any atom is 0.253 e. The van der Waals surface area contributed by atoms with E-state index in [1.807, 2.05) is 0 Å². The molecule has 0 spiro atoms. The van der Waals surface area contributed by atoms with Crippen LogP contribution in [0.3, 0.4) is 0 Å². The number of nitrogen functional groups attached to an aromatic ring is 1. The highest BCUT2D eigenvalue weighted by Crippen LogP contribution is 2.23. The Morgan fingerprint density at radius 2 is 2.16 bits per heavy atom. The lowest BCUT2D eigenvalue weighted by Gasteiger charge is -2.16. The van der Waals surface area contributed by atoms with Crippen LogP contribution in [0.15, 0.2) is 18.2 Å². The van der Waals surface area contributed by atoms with Crippen molar-refractivity contribution in [2.75, 3.05) is 29.6 Å². The van der Waals surface area contributed by atoms with Gasteiger partial charge in [0.05, 0.1) is 17.1 Å². The van der Waals surface area contributed by atoms with E-state index in [2.05, 4.69) is 10.6 Å². The molecule has 1 aliphatic rings. The van der Waals surface area contributed by atoms with Crippen molar-refractivity contribution in [2.24, 2.45) is 0 Å². The topological polar surface area (TPSA) is 101 Å². The molecule has 1 unspecified atom stereocenters. The van der Waals surface area contributed by atoms with E-state index >= 15 is 0 Å². The van der Waals surface area contributed by atoms with E-state index in [9.17, 15) is 13.2 Å². The van der Waals surface area contributed by atoms with Crippen LogP contribution in [0.5, 0.6) is 0 Å². The Morgan fingerprint density at radius 1 is 1.42 bits per heavy atom. The molecular formula is C12H17N3O3S. The number of carbonyl (C=O) groups is 1. The van der Waals surface area contributed by atoms with Crippen molar-refractivity contribution in [1.82, 2.24) is 5.32 Å². The number of carbonyl (C=O) groups excluding carboxylic acids is 1. The quantitative estimate of drug-likeness (QED) is 0.689. The van der Waals surface area contributed by atoms with Crippen LogP contribution in [-0.2, 0) is 9.84 Å².